The van der Waals surface area contributed by atoms with E-state index in [4.69, 9.17) is 9.26 Å². The molecule has 6 nitrogen and oxygen atoms in total. The van der Waals surface area contributed by atoms with Crippen molar-refractivity contribution in [3.63, 3.8) is 0 Å². The van der Waals surface area contributed by atoms with Crippen molar-refractivity contribution in [2.75, 3.05) is 11.9 Å². The molecule has 1 aromatic heterocycles. The van der Waals surface area contributed by atoms with Gasteiger partial charge in [0.2, 0.25) is 5.82 Å². The van der Waals surface area contributed by atoms with Gasteiger partial charge in [-0.1, -0.05) is 41.1 Å². The Bertz CT molecular complexity index is 1180. The van der Waals surface area contributed by atoms with Crippen LogP contribution in [0.5, 0.6) is 5.75 Å². The summed E-state index contributed by atoms with van der Waals surface area (Å²) in [7, 11) is 0. The Hall–Kier alpha value is -3.93. The quantitative estimate of drug-likeness (QED) is 0.461. The molecule has 1 heterocycles. The molecule has 0 aliphatic rings. The Balaban J connectivity index is 1.37. The minimum absolute atomic E-state index is 0.0613. The Morgan fingerprint density at radius 1 is 0.871 bits per heavy atom. The maximum Gasteiger partial charge on any atom is 0.262 e. The predicted molar refractivity (Wildman–Crippen MR) is 120 cm³/mol. The van der Waals surface area contributed by atoms with Crippen molar-refractivity contribution in [1.29, 1.82) is 0 Å². The third kappa shape index (κ3) is 5.17. The van der Waals surface area contributed by atoms with Gasteiger partial charge >= 0.3 is 0 Å². The average Bonchev–Trinajstić information content (AvgIpc) is 3.23. The molecule has 0 unspecified atom stereocenters. The fourth-order valence-corrected chi connectivity index (χ4v) is 3.22. The molecule has 0 saturated carbocycles. The van der Waals surface area contributed by atoms with Crippen LogP contribution in [0, 0.1) is 20.8 Å². The van der Waals surface area contributed by atoms with Crippen molar-refractivity contribution in [3.05, 3.63) is 83.4 Å². The second kappa shape index (κ2) is 8.83. The first-order chi connectivity index (χ1) is 15.0. The highest BCUT2D eigenvalue weighted by Gasteiger charge is 2.11. The summed E-state index contributed by atoms with van der Waals surface area (Å²) in [5, 5.41) is 6.88. The van der Waals surface area contributed by atoms with E-state index in [9.17, 15) is 4.79 Å². The monoisotopic (exact) mass is 413 g/mol. The van der Waals surface area contributed by atoms with Crippen LogP contribution >= 0.6 is 0 Å². The van der Waals surface area contributed by atoms with Gasteiger partial charge in [-0.05, 0) is 68.3 Å². The molecule has 0 aliphatic carbocycles. The number of nitrogens with one attached hydrogen (secondary N) is 1. The molecular formula is C25H23N3O3. The molecule has 0 saturated heterocycles. The standard InChI is InChI=1S/C25H23N3O3/c1-16-4-6-19(7-5-16)24-27-25(31-28-24)20-8-10-21(11-9-20)26-23(29)15-30-22-13-17(2)12-18(3)14-22/h4-14H,15H2,1-3H3,(H,26,29). The number of amides is 1. The smallest absolute Gasteiger partial charge is 0.262 e. The van der Waals surface area contributed by atoms with Gasteiger partial charge in [-0.3, -0.25) is 4.79 Å². The number of aryl methyl sites for hydroxylation is 3. The first kappa shape index (κ1) is 20.3. The summed E-state index contributed by atoms with van der Waals surface area (Å²) in [5.74, 6) is 1.41. The molecule has 1 N–H and O–H groups in total. The molecule has 0 aliphatic heterocycles. The highest BCUT2D eigenvalue weighted by atomic mass is 16.5. The first-order valence-corrected chi connectivity index (χ1v) is 9.98. The van der Waals surface area contributed by atoms with Gasteiger partial charge in [0.05, 0.1) is 0 Å². The zero-order chi connectivity index (χ0) is 21.8. The highest BCUT2D eigenvalue weighted by Crippen LogP contribution is 2.24. The summed E-state index contributed by atoms with van der Waals surface area (Å²) in [6.45, 7) is 5.96. The second-order valence-electron chi connectivity index (χ2n) is 7.53. The van der Waals surface area contributed by atoms with Crippen LogP contribution in [0.4, 0.5) is 5.69 Å². The maximum absolute atomic E-state index is 12.2. The van der Waals surface area contributed by atoms with Gasteiger partial charge in [-0.25, -0.2) is 0 Å². The first-order valence-electron chi connectivity index (χ1n) is 9.98. The maximum atomic E-state index is 12.2. The molecule has 1 amide bonds. The lowest BCUT2D eigenvalue weighted by Gasteiger charge is -2.09. The Morgan fingerprint density at radius 2 is 1.52 bits per heavy atom. The number of aromatic nitrogens is 2. The van der Waals surface area contributed by atoms with Crippen LogP contribution in [-0.4, -0.2) is 22.7 Å². The van der Waals surface area contributed by atoms with Crippen molar-refractivity contribution >= 4 is 11.6 Å². The van der Waals surface area contributed by atoms with Crippen LogP contribution in [0.3, 0.4) is 0 Å². The lowest BCUT2D eigenvalue weighted by atomic mass is 10.1. The SMILES string of the molecule is Cc1ccc(-c2noc(-c3ccc(NC(=O)COc4cc(C)cc(C)c4)cc3)n2)cc1. The number of rotatable bonds is 6. The van der Waals surface area contributed by atoms with E-state index in [1.54, 1.807) is 12.1 Å². The van der Waals surface area contributed by atoms with Crippen LogP contribution in [0.15, 0.2) is 71.3 Å². The third-order valence-corrected chi connectivity index (χ3v) is 4.72. The van der Waals surface area contributed by atoms with E-state index < -0.39 is 0 Å². The zero-order valence-corrected chi connectivity index (χ0v) is 17.7. The Kier molecular flexibility index (Phi) is 5.80. The number of hydrogen-bond acceptors (Lipinski definition) is 5. The average molecular weight is 413 g/mol. The third-order valence-electron chi connectivity index (χ3n) is 4.72. The summed E-state index contributed by atoms with van der Waals surface area (Å²) in [4.78, 5) is 16.7. The van der Waals surface area contributed by atoms with Gasteiger partial charge in [0.15, 0.2) is 6.61 Å². The molecule has 4 aromatic rings. The van der Waals surface area contributed by atoms with Gasteiger partial charge < -0.3 is 14.6 Å². The Labute approximate surface area is 180 Å². The van der Waals surface area contributed by atoms with Gasteiger partial charge in [0, 0.05) is 16.8 Å². The van der Waals surface area contributed by atoms with Gasteiger partial charge in [0.25, 0.3) is 11.8 Å². The van der Waals surface area contributed by atoms with E-state index in [1.807, 2.05) is 69.3 Å². The molecule has 3 aromatic carbocycles. The van der Waals surface area contributed by atoms with E-state index in [0.717, 1.165) is 22.3 Å². The van der Waals surface area contributed by atoms with Crippen molar-refractivity contribution in [2.24, 2.45) is 0 Å². The summed E-state index contributed by atoms with van der Waals surface area (Å²) in [5.41, 5.74) is 5.69. The normalized spacial score (nSPS) is 10.7. The predicted octanol–water partition coefficient (Wildman–Crippen LogP) is 5.35. The van der Waals surface area contributed by atoms with E-state index in [0.29, 0.717) is 23.2 Å². The zero-order valence-electron chi connectivity index (χ0n) is 17.7. The fourth-order valence-electron chi connectivity index (χ4n) is 3.22. The van der Waals surface area contributed by atoms with E-state index in [2.05, 4.69) is 21.5 Å². The molecule has 0 atom stereocenters. The number of carbonyl (C=O) groups excluding carboxylic acids is 1. The number of anilines is 1. The second-order valence-corrected chi connectivity index (χ2v) is 7.53. The molecule has 4 rings (SSSR count). The number of carbonyl (C=O) groups is 1. The molecule has 0 radical (unpaired) electrons. The Morgan fingerprint density at radius 3 is 2.19 bits per heavy atom. The van der Waals surface area contributed by atoms with Crippen molar-refractivity contribution in [2.45, 2.75) is 20.8 Å². The van der Waals surface area contributed by atoms with Gasteiger partial charge in [-0.2, -0.15) is 4.98 Å². The van der Waals surface area contributed by atoms with E-state index >= 15 is 0 Å². The molecule has 156 valence electrons. The molecule has 6 heteroatoms. The topological polar surface area (TPSA) is 77.2 Å². The molecule has 0 bridgehead atoms. The van der Waals surface area contributed by atoms with Gasteiger partial charge in [0.1, 0.15) is 5.75 Å². The molecule has 0 spiro atoms. The van der Waals surface area contributed by atoms with Crippen LogP contribution in [-0.2, 0) is 4.79 Å². The molecule has 31 heavy (non-hydrogen) atoms. The van der Waals surface area contributed by atoms with E-state index in [-0.39, 0.29) is 12.5 Å². The summed E-state index contributed by atoms with van der Waals surface area (Å²) >= 11 is 0. The summed E-state index contributed by atoms with van der Waals surface area (Å²) in [6, 6.07) is 21.0. The van der Waals surface area contributed by atoms with Crippen LogP contribution in [0.1, 0.15) is 16.7 Å². The van der Waals surface area contributed by atoms with Crippen molar-refractivity contribution in [3.8, 4) is 28.6 Å². The molecular weight excluding hydrogens is 390 g/mol. The van der Waals surface area contributed by atoms with Crippen LogP contribution < -0.4 is 10.1 Å². The lowest BCUT2D eigenvalue weighted by Crippen LogP contribution is -2.20. The van der Waals surface area contributed by atoms with Crippen molar-refractivity contribution in [1.82, 2.24) is 10.1 Å². The molecule has 0 fully saturated rings. The van der Waals surface area contributed by atoms with Crippen LogP contribution in [0.2, 0.25) is 0 Å². The minimum atomic E-state index is -0.230. The summed E-state index contributed by atoms with van der Waals surface area (Å²) < 4.78 is 11.0. The number of ether oxygens (including phenoxy) is 1. The lowest BCUT2D eigenvalue weighted by molar-refractivity contribution is -0.118. The van der Waals surface area contributed by atoms with Crippen molar-refractivity contribution < 1.29 is 14.1 Å². The summed E-state index contributed by atoms with van der Waals surface area (Å²) in [6.07, 6.45) is 0. The number of nitrogens with zero attached hydrogens (tertiary/aromatic N) is 2. The largest absolute Gasteiger partial charge is 0.484 e. The fraction of sp³-hybridized carbons (Fsp3) is 0.160. The van der Waals surface area contributed by atoms with E-state index in [1.165, 1.54) is 5.56 Å². The van der Waals surface area contributed by atoms with Gasteiger partial charge in [-0.15, -0.1) is 0 Å². The number of hydrogen-bond donors (Lipinski definition) is 1. The highest BCUT2D eigenvalue weighted by molar-refractivity contribution is 5.92. The number of benzene rings is 3. The van der Waals surface area contributed by atoms with Crippen LogP contribution in [0.25, 0.3) is 22.8 Å². The minimum Gasteiger partial charge on any atom is -0.484 e.